The second-order valence-electron chi connectivity index (χ2n) is 4.57. The summed E-state index contributed by atoms with van der Waals surface area (Å²) in [6.45, 7) is 2.48. The number of hydrogen-bond donors (Lipinski definition) is 1. The third-order valence-corrected chi connectivity index (χ3v) is 3.18. The Hall–Kier alpha value is -1.30. The Balaban J connectivity index is 0.00000200. The topological polar surface area (TPSA) is 50.8 Å². The van der Waals surface area contributed by atoms with Gasteiger partial charge in [-0.2, -0.15) is 0 Å². The molecule has 0 saturated carbocycles. The van der Waals surface area contributed by atoms with Gasteiger partial charge in [0.25, 0.3) is 5.91 Å². The van der Waals surface area contributed by atoms with Gasteiger partial charge in [-0.3, -0.25) is 4.79 Å². The fourth-order valence-electron chi connectivity index (χ4n) is 2.14. The molecule has 1 amide bonds. The van der Waals surface area contributed by atoms with E-state index in [0.29, 0.717) is 19.7 Å². The minimum absolute atomic E-state index is 0. The number of ether oxygens (including phenoxy) is 2. The first-order valence-corrected chi connectivity index (χ1v) is 6.41. The minimum atomic E-state index is -0.381. The molecule has 0 aromatic heterocycles. The van der Waals surface area contributed by atoms with Gasteiger partial charge in [0.2, 0.25) is 0 Å². The molecule has 2 rings (SSSR count). The number of nitrogens with one attached hydrogen (secondary N) is 1. The van der Waals surface area contributed by atoms with E-state index in [1.807, 2.05) is 24.3 Å². The van der Waals surface area contributed by atoms with Gasteiger partial charge in [0.1, 0.15) is 11.9 Å². The Bertz CT molecular complexity index is 436. The van der Waals surface area contributed by atoms with E-state index in [9.17, 15) is 4.79 Å². The summed E-state index contributed by atoms with van der Waals surface area (Å²) in [4.78, 5) is 13.9. The molecule has 0 radical (unpaired) electrons. The van der Waals surface area contributed by atoms with Crippen LogP contribution in [0.2, 0.25) is 0 Å². The fraction of sp³-hybridized carbons (Fsp3) is 0.500. The van der Waals surface area contributed by atoms with Crippen molar-refractivity contribution in [3.8, 4) is 5.75 Å². The van der Waals surface area contributed by atoms with Crippen LogP contribution < -0.4 is 10.1 Å². The van der Waals surface area contributed by atoms with Gasteiger partial charge in [0, 0.05) is 32.2 Å². The third-order valence-electron chi connectivity index (χ3n) is 3.18. The first-order valence-electron chi connectivity index (χ1n) is 6.41. The highest BCUT2D eigenvalue weighted by Crippen LogP contribution is 2.19. The zero-order valence-electron chi connectivity index (χ0n) is 11.8. The predicted molar refractivity (Wildman–Crippen MR) is 79.3 cm³/mol. The molecule has 0 aliphatic carbocycles. The first kappa shape index (κ1) is 16.8. The van der Waals surface area contributed by atoms with E-state index in [2.05, 4.69) is 5.32 Å². The lowest BCUT2D eigenvalue weighted by Gasteiger charge is -2.27. The molecule has 1 heterocycles. The number of likely N-dealkylation sites (N-methyl/N-ethyl adjacent to an activating group) is 1. The van der Waals surface area contributed by atoms with Gasteiger partial charge in [0.05, 0.1) is 13.7 Å². The normalized spacial score (nSPS) is 18.0. The van der Waals surface area contributed by atoms with Crippen LogP contribution in [0.25, 0.3) is 0 Å². The summed E-state index contributed by atoms with van der Waals surface area (Å²) in [6, 6.07) is 7.71. The van der Waals surface area contributed by atoms with E-state index in [0.717, 1.165) is 17.9 Å². The van der Waals surface area contributed by atoms with E-state index in [-0.39, 0.29) is 24.4 Å². The lowest BCUT2D eigenvalue weighted by molar-refractivity contribution is -0.144. The van der Waals surface area contributed by atoms with Crippen LogP contribution in [0.15, 0.2) is 24.3 Å². The van der Waals surface area contributed by atoms with Gasteiger partial charge < -0.3 is 19.7 Å². The molecule has 1 aromatic carbocycles. The summed E-state index contributed by atoms with van der Waals surface area (Å²) >= 11 is 0. The SMILES string of the molecule is COc1ccccc1CN(C)C(=O)C1CNCCO1.Cl. The highest BCUT2D eigenvalue weighted by Gasteiger charge is 2.25. The largest absolute Gasteiger partial charge is 0.496 e. The Morgan fingerprint density at radius 3 is 2.90 bits per heavy atom. The monoisotopic (exact) mass is 300 g/mol. The third kappa shape index (κ3) is 4.10. The van der Waals surface area contributed by atoms with Crippen LogP contribution in [-0.2, 0) is 16.1 Å². The second kappa shape index (κ2) is 8.09. The smallest absolute Gasteiger partial charge is 0.253 e. The summed E-state index contributed by atoms with van der Waals surface area (Å²) in [5.41, 5.74) is 0.990. The Labute approximate surface area is 125 Å². The summed E-state index contributed by atoms with van der Waals surface area (Å²) in [5.74, 6) is 0.794. The molecule has 1 fully saturated rings. The standard InChI is InChI=1S/C14H20N2O3.ClH/c1-16(14(17)13-9-15-7-8-19-13)10-11-5-3-4-6-12(11)18-2;/h3-6,13,15H,7-10H2,1-2H3;1H. The molecule has 1 aliphatic heterocycles. The van der Waals surface area contributed by atoms with E-state index in [1.54, 1.807) is 19.1 Å². The van der Waals surface area contributed by atoms with Crippen LogP contribution in [0.1, 0.15) is 5.56 Å². The van der Waals surface area contributed by atoms with Crippen molar-refractivity contribution in [2.45, 2.75) is 12.6 Å². The highest BCUT2D eigenvalue weighted by molar-refractivity contribution is 5.85. The molecule has 0 bridgehead atoms. The Kier molecular flexibility index (Phi) is 6.78. The van der Waals surface area contributed by atoms with Crippen LogP contribution in [0.3, 0.4) is 0 Å². The fourth-order valence-corrected chi connectivity index (χ4v) is 2.14. The number of hydrogen-bond acceptors (Lipinski definition) is 4. The number of amides is 1. The molecule has 20 heavy (non-hydrogen) atoms. The number of halogens is 1. The number of para-hydroxylation sites is 1. The van der Waals surface area contributed by atoms with E-state index in [1.165, 1.54) is 0 Å². The van der Waals surface area contributed by atoms with E-state index < -0.39 is 0 Å². The first-order chi connectivity index (χ1) is 9.22. The maximum atomic E-state index is 12.2. The summed E-state index contributed by atoms with van der Waals surface area (Å²) in [6.07, 6.45) is -0.381. The minimum Gasteiger partial charge on any atom is -0.496 e. The average Bonchev–Trinajstić information content (AvgIpc) is 2.48. The number of rotatable bonds is 4. The van der Waals surface area contributed by atoms with Crippen molar-refractivity contribution >= 4 is 18.3 Å². The lowest BCUT2D eigenvalue weighted by atomic mass is 10.1. The second-order valence-corrected chi connectivity index (χ2v) is 4.57. The van der Waals surface area contributed by atoms with Crippen LogP contribution in [0, 0.1) is 0 Å². The number of carbonyl (C=O) groups excluding carboxylic acids is 1. The van der Waals surface area contributed by atoms with Crippen LogP contribution in [-0.4, -0.2) is 50.8 Å². The van der Waals surface area contributed by atoms with Crippen molar-refractivity contribution < 1.29 is 14.3 Å². The molecule has 5 nitrogen and oxygen atoms in total. The van der Waals surface area contributed by atoms with Crippen molar-refractivity contribution in [1.82, 2.24) is 10.2 Å². The van der Waals surface area contributed by atoms with Crippen LogP contribution in [0.5, 0.6) is 5.75 Å². The quantitative estimate of drug-likeness (QED) is 0.903. The Morgan fingerprint density at radius 2 is 2.25 bits per heavy atom. The number of morpholine rings is 1. The van der Waals surface area contributed by atoms with Gasteiger partial charge in [-0.25, -0.2) is 0 Å². The molecule has 1 N–H and O–H groups in total. The molecule has 6 heteroatoms. The predicted octanol–water partition coefficient (Wildman–Crippen LogP) is 1.06. The molecular weight excluding hydrogens is 280 g/mol. The lowest BCUT2D eigenvalue weighted by Crippen LogP contribution is -2.48. The van der Waals surface area contributed by atoms with Crippen molar-refractivity contribution in [3.05, 3.63) is 29.8 Å². The Morgan fingerprint density at radius 1 is 1.50 bits per heavy atom. The molecular formula is C14H21ClN2O3. The van der Waals surface area contributed by atoms with Crippen LogP contribution in [0.4, 0.5) is 0 Å². The molecule has 1 atom stereocenters. The maximum absolute atomic E-state index is 12.2. The summed E-state index contributed by atoms with van der Waals surface area (Å²) < 4.78 is 10.8. The summed E-state index contributed by atoms with van der Waals surface area (Å²) in [5, 5.41) is 3.16. The molecule has 1 aromatic rings. The highest BCUT2D eigenvalue weighted by atomic mass is 35.5. The zero-order chi connectivity index (χ0) is 13.7. The van der Waals surface area contributed by atoms with Crippen molar-refractivity contribution in [3.63, 3.8) is 0 Å². The van der Waals surface area contributed by atoms with Gasteiger partial charge >= 0.3 is 0 Å². The van der Waals surface area contributed by atoms with Crippen molar-refractivity contribution in [2.24, 2.45) is 0 Å². The molecule has 1 saturated heterocycles. The van der Waals surface area contributed by atoms with Gasteiger partial charge in [-0.05, 0) is 6.07 Å². The number of nitrogens with zero attached hydrogens (tertiary/aromatic N) is 1. The molecule has 1 unspecified atom stereocenters. The van der Waals surface area contributed by atoms with E-state index >= 15 is 0 Å². The zero-order valence-corrected chi connectivity index (χ0v) is 12.6. The molecule has 1 aliphatic rings. The van der Waals surface area contributed by atoms with Crippen molar-refractivity contribution in [1.29, 1.82) is 0 Å². The van der Waals surface area contributed by atoms with E-state index in [4.69, 9.17) is 9.47 Å². The van der Waals surface area contributed by atoms with Gasteiger partial charge in [-0.15, -0.1) is 12.4 Å². The van der Waals surface area contributed by atoms with Gasteiger partial charge in [-0.1, -0.05) is 18.2 Å². The summed E-state index contributed by atoms with van der Waals surface area (Å²) in [7, 11) is 3.42. The number of methoxy groups -OCH3 is 1. The number of carbonyl (C=O) groups is 1. The molecule has 112 valence electrons. The van der Waals surface area contributed by atoms with Crippen LogP contribution >= 0.6 is 12.4 Å². The van der Waals surface area contributed by atoms with Crippen molar-refractivity contribution in [2.75, 3.05) is 33.9 Å². The maximum Gasteiger partial charge on any atom is 0.253 e. The van der Waals surface area contributed by atoms with Gasteiger partial charge in [0.15, 0.2) is 0 Å². The molecule has 0 spiro atoms. The number of benzene rings is 1. The average molecular weight is 301 g/mol.